The number of hydrogen-bond acceptors (Lipinski definition) is 1. The van der Waals surface area contributed by atoms with E-state index in [-0.39, 0.29) is 0 Å². The molecule has 0 amide bonds. The van der Waals surface area contributed by atoms with E-state index in [0.29, 0.717) is 0 Å². The second-order valence-corrected chi connectivity index (χ2v) is 5.32. The molecule has 0 aliphatic heterocycles. The van der Waals surface area contributed by atoms with Crippen LogP contribution in [-0.4, -0.2) is 5.11 Å². The molecule has 88 valence electrons. The molecule has 2 heteroatoms. The van der Waals surface area contributed by atoms with Gasteiger partial charge in [0.1, 0.15) is 0 Å². The maximum atomic E-state index is 10.7. The van der Waals surface area contributed by atoms with E-state index in [2.05, 4.69) is 0 Å². The van der Waals surface area contributed by atoms with E-state index >= 15 is 0 Å². The maximum absolute atomic E-state index is 10.7. The highest BCUT2D eigenvalue weighted by atomic mass is 35.5. The first-order chi connectivity index (χ1) is 7.62. The van der Waals surface area contributed by atoms with Crippen LogP contribution in [-0.2, 0) is 5.60 Å². The lowest BCUT2D eigenvalue weighted by Gasteiger charge is -2.27. The zero-order chi connectivity index (χ0) is 11.6. The van der Waals surface area contributed by atoms with Gasteiger partial charge in [0.25, 0.3) is 0 Å². The minimum atomic E-state index is -0.645. The summed E-state index contributed by atoms with van der Waals surface area (Å²) in [7, 11) is 0. The summed E-state index contributed by atoms with van der Waals surface area (Å²) >= 11 is 6.12. The standard InChI is InChI=1S/C14H19ClO/c1-11-6-7-12(10-13(11)15)14(16)8-4-2-3-5-9-14/h6-7,10,16H,2-5,8-9H2,1H3. The van der Waals surface area contributed by atoms with Crippen LogP contribution in [0.25, 0.3) is 0 Å². The summed E-state index contributed by atoms with van der Waals surface area (Å²) in [5.74, 6) is 0. The number of rotatable bonds is 1. The molecule has 16 heavy (non-hydrogen) atoms. The Hall–Kier alpha value is -0.530. The van der Waals surface area contributed by atoms with Crippen LogP contribution >= 0.6 is 11.6 Å². The number of aryl methyl sites for hydroxylation is 1. The monoisotopic (exact) mass is 238 g/mol. The van der Waals surface area contributed by atoms with Crippen molar-refractivity contribution < 1.29 is 5.11 Å². The van der Waals surface area contributed by atoms with Crippen LogP contribution in [0.2, 0.25) is 5.02 Å². The molecule has 0 spiro atoms. The van der Waals surface area contributed by atoms with Gasteiger partial charge >= 0.3 is 0 Å². The summed E-state index contributed by atoms with van der Waals surface area (Å²) in [4.78, 5) is 0. The van der Waals surface area contributed by atoms with Gasteiger partial charge in [0.2, 0.25) is 0 Å². The molecule has 1 saturated carbocycles. The van der Waals surface area contributed by atoms with Gasteiger partial charge in [0.15, 0.2) is 0 Å². The van der Waals surface area contributed by atoms with Crippen molar-refractivity contribution in [2.75, 3.05) is 0 Å². The van der Waals surface area contributed by atoms with Crippen LogP contribution in [0.3, 0.4) is 0 Å². The third-order valence-electron chi connectivity index (χ3n) is 3.64. The lowest BCUT2D eigenvalue weighted by Crippen LogP contribution is -2.24. The Morgan fingerprint density at radius 1 is 1.12 bits per heavy atom. The van der Waals surface area contributed by atoms with Gasteiger partial charge in [0, 0.05) is 5.02 Å². The van der Waals surface area contributed by atoms with E-state index in [4.69, 9.17) is 11.6 Å². The summed E-state index contributed by atoms with van der Waals surface area (Å²) in [6.07, 6.45) is 6.44. The Balaban J connectivity index is 2.29. The molecule has 1 aromatic carbocycles. The molecule has 0 atom stereocenters. The summed E-state index contributed by atoms with van der Waals surface area (Å²) < 4.78 is 0. The quantitative estimate of drug-likeness (QED) is 0.728. The van der Waals surface area contributed by atoms with Crippen LogP contribution < -0.4 is 0 Å². The molecule has 1 aromatic rings. The van der Waals surface area contributed by atoms with Crippen LogP contribution in [0.1, 0.15) is 49.7 Å². The number of hydrogen-bond donors (Lipinski definition) is 1. The zero-order valence-electron chi connectivity index (χ0n) is 9.80. The second kappa shape index (κ2) is 4.77. The van der Waals surface area contributed by atoms with Crippen LogP contribution in [0, 0.1) is 6.92 Å². The van der Waals surface area contributed by atoms with Gasteiger partial charge in [-0.25, -0.2) is 0 Å². The van der Waals surface area contributed by atoms with E-state index in [9.17, 15) is 5.11 Å². The van der Waals surface area contributed by atoms with Crippen LogP contribution in [0.15, 0.2) is 18.2 Å². The SMILES string of the molecule is Cc1ccc(C2(O)CCCCCC2)cc1Cl. The summed E-state index contributed by atoms with van der Waals surface area (Å²) in [6.45, 7) is 1.99. The highest BCUT2D eigenvalue weighted by molar-refractivity contribution is 6.31. The van der Waals surface area contributed by atoms with Gasteiger partial charge in [-0.3, -0.25) is 0 Å². The Kier molecular flexibility index (Phi) is 3.56. The van der Waals surface area contributed by atoms with Gasteiger partial charge in [0.05, 0.1) is 5.60 Å². The van der Waals surface area contributed by atoms with Gasteiger partial charge < -0.3 is 5.11 Å². The molecule has 2 rings (SSSR count). The fraction of sp³-hybridized carbons (Fsp3) is 0.571. The molecule has 0 bridgehead atoms. The van der Waals surface area contributed by atoms with Crippen molar-refractivity contribution in [1.82, 2.24) is 0 Å². The second-order valence-electron chi connectivity index (χ2n) is 4.91. The summed E-state index contributed by atoms with van der Waals surface area (Å²) in [6, 6.07) is 5.95. The average molecular weight is 239 g/mol. The van der Waals surface area contributed by atoms with Gasteiger partial charge in [-0.15, -0.1) is 0 Å². The van der Waals surface area contributed by atoms with Gasteiger partial charge in [-0.1, -0.05) is 49.4 Å². The number of benzene rings is 1. The molecular weight excluding hydrogens is 220 g/mol. The van der Waals surface area contributed by atoms with Gasteiger partial charge in [-0.05, 0) is 37.0 Å². The Morgan fingerprint density at radius 2 is 1.75 bits per heavy atom. The molecule has 0 unspecified atom stereocenters. The van der Waals surface area contributed by atoms with Crippen molar-refractivity contribution in [3.05, 3.63) is 34.3 Å². The predicted octanol–water partition coefficient (Wildman–Crippen LogP) is 4.19. The molecule has 0 radical (unpaired) electrons. The summed E-state index contributed by atoms with van der Waals surface area (Å²) in [5, 5.41) is 11.4. The lowest BCUT2D eigenvalue weighted by molar-refractivity contribution is 0.0207. The Labute approximate surface area is 102 Å². The van der Waals surface area contributed by atoms with Crippen molar-refractivity contribution in [3.8, 4) is 0 Å². The van der Waals surface area contributed by atoms with Crippen molar-refractivity contribution in [2.24, 2.45) is 0 Å². The van der Waals surface area contributed by atoms with E-state index in [1.54, 1.807) is 0 Å². The smallest absolute Gasteiger partial charge is 0.0897 e. The first-order valence-electron chi connectivity index (χ1n) is 6.11. The first kappa shape index (κ1) is 11.9. The normalized spacial score (nSPS) is 20.4. The summed E-state index contributed by atoms with van der Waals surface area (Å²) in [5.41, 5.74) is 1.42. The molecule has 0 aromatic heterocycles. The van der Waals surface area contributed by atoms with Crippen LogP contribution in [0.4, 0.5) is 0 Å². The average Bonchev–Trinajstić information content (AvgIpc) is 2.48. The molecule has 1 N–H and O–H groups in total. The first-order valence-corrected chi connectivity index (χ1v) is 6.49. The van der Waals surface area contributed by atoms with Crippen molar-refractivity contribution in [2.45, 2.75) is 51.0 Å². The minimum Gasteiger partial charge on any atom is -0.385 e. The van der Waals surface area contributed by atoms with E-state index in [0.717, 1.165) is 41.8 Å². The molecule has 1 aliphatic rings. The molecule has 1 aliphatic carbocycles. The molecule has 0 saturated heterocycles. The number of aliphatic hydroxyl groups is 1. The number of halogens is 1. The van der Waals surface area contributed by atoms with Crippen molar-refractivity contribution in [3.63, 3.8) is 0 Å². The largest absolute Gasteiger partial charge is 0.385 e. The van der Waals surface area contributed by atoms with Crippen LogP contribution in [0.5, 0.6) is 0 Å². The fourth-order valence-corrected chi connectivity index (χ4v) is 2.66. The third-order valence-corrected chi connectivity index (χ3v) is 4.05. The van der Waals surface area contributed by atoms with Gasteiger partial charge in [-0.2, -0.15) is 0 Å². The Morgan fingerprint density at radius 3 is 2.31 bits per heavy atom. The van der Waals surface area contributed by atoms with E-state index < -0.39 is 5.60 Å². The molecule has 0 heterocycles. The van der Waals surface area contributed by atoms with Crippen molar-refractivity contribution in [1.29, 1.82) is 0 Å². The van der Waals surface area contributed by atoms with Crippen molar-refractivity contribution >= 4 is 11.6 Å². The molecule has 1 fully saturated rings. The maximum Gasteiger partial charge on any atom is 0.0897 e. The van der Waals surface area contributed by atoms with E-state index in [1.165, 1.54) is 12.8 Å². The lowest BCUT2D eigenvalue weighted by atomic mass is 9.86. The van der Waals surface area contributed by atoms with E-state index in [1.807, 2.05) is 25.1 Å². The highest BCUT2D eigenvalue weighted by Gasteiger charge is 2.30. The third kappa shape index (κ3) is 2.41. The topological polar surface area (TPSA) is 20.2 Å². The molecule has 1 nitrogen and oxygen atoms in total. The minimum absolute atomic E-state index is 0.645. The Bertz CT molecular complexity index is 365. The zero-order valence-corrected chi connectivity index (χ0v) is 10.6. The fourth-order valence-electron chi connectivity index (χ4n) is 2.48. The highest BCUT2D eigenvalue weighted by Crippen LogP contribution is 2.37. The molecular formula is C14H19ClO. The predicted molar refractivity (Wildman–Crippen MR) is 67.8 cm³/mol.